The van der Waals surface area contributed by atoms with Crippen molar-refractivity contribution in [1.82, 2.24) is 10.3 Å². The molecule has 5 heteroatoms. The van der Waals surface area contributed by atoms with E-state index in [9.17, 15) is 4.79 Å². The molecule has 0 fully saturated rings. The van der Waals surface area contributed by atoms with Gasteiger partial charge in [0.2, 0.25) is 5.88 Å². The van der Waals surface area contributed by atoms with Gasteiger partial charge in [-0.3, -0.25) is 4.79 Å². The second-order valence-electron chi connectivity index (χ2n) is 4.90. The Balaban J connectivity index is 1.91. The van der Waals surface area contributed by atoms with Crippen LogP contribution in [-0.2, 0) is 6.54 Å². The van der Waals surface area contributed by atoms with Crippen LogP contribution in [-0.4, -0.2) is 31.1 Å². The molecule has 0 unspecified atom stereocenters. The fraction of sp³-hybridized carbons (Fsp3) is 0.250. The summed E-state index contributed by atoms with van der Waals surface area (Å²) in [6.45, 7) is 2.12. The molecule has 0 spiro atoms. The van der Waals surface area contributed by atoms with E-state index >= 15 is 0 Å². The molecule has 1 aromatic carbocycles. The Kier molecular flexibility index (Phi) is 3.73. The first kappa shape index (κ1) is 13.4. The molecule has 2 aromatic rings. The highest BCUT2D eigenvalue weighted by Gasteiger charge is 2.20. The van der Waals surface area contributed by atoms with Crippen LogP contribution < -0.4 is 15.0 Å². The van der Waals surface area contributed by atoms with Crippen molar-refractivity contribution in [1.29, 1.82) is 0 Å². The molecule has 3 rings (SSSR count). The summed E-state index contributed by atoms with van der Waals surface area (Å²) in [4.78, 5) is 18.4. The molecule has 1 amide bonds. The average Bonchev–Trinajstić information content (AvgIpc) is 2.68. The number of methoxy groups -OCH3 is 1. The van der Waals surface area contributed by atoms with Gasteiger partial charge in [0.1, 0.15) is 0 Å². The second kappa shape index (κ2) is 5.83. The quantitative estimate of drug-likeness (QED) is 0.934. The van der Waals surface area contributed by atoms with Gasteiger partial charge in [0.25, 0.3) is 5.91 Å². The van der Waals surface area contributed by atoms with Crippen molar-refractivity contribution >= 4 is 11.6 Å². The van der Waals surface area contributed by atoms with Gasteiger partial charge in [0.05, 0.1) is 12.7 Å². The van der Waals surface area contributed by atoms with Gasteiger partial charge >= 0.3 is 0 Å². The summed E-state index contributed by atoms with van der Waals surface area (Å²) < 4.78 is 5.16. The topological polar surface area (TPSA) is 54.5 Å². The molecule has 21 heavy (non-hydrogen) atoms. The molecule has 108 valence electrons. The number of hydrogen-bond acceptors (Lipinski definition) is 4. The molecule has 0 radical (unpaired) electrons. The number of carbonyl (C=O) groups is 1. The van der Waals surface area contributed by atoms with E-state index in [1.165, 1.54) is 0 Å². The average molecular weight is 283 g/mol. The van der Waals surface area contributed by atoms with Crippen LogP contribution in [0.2, 0.25) is 0 Å². The Morgan fingerprint density at radius 1 is 1.33 bits per heavy atom. The molecular weight excluding hydrogens is 266 g/mol. The lowest BCUT2D eigenvalue weighted by Gasteiger charge is -2.24. The van der Waals surface area contributed by atoms with Gasteiger partial charge in [-0.1, -0.05) is 12.1 Å². The number of pyridine rings is 1. The van der Waals surface area contributed by atoms with Crippen LogP contribution in [0.4, 0.5) is 5.69 Å². The predicted octanol–water partition coefficient (Wildman–Crippen LogP) is 1.84. The first-order chi connectivity index (χ1) is 10.3. The number of amides is 1. The summed E-state index contributed by atoms with van der Waals surface area (Å²) in [6, 6.07) is 11.6. The largest absolute Gasteiger partial charge is 0.481 e. The molecule has 2 heterocycles. The van der Waals surface area contributed by atoms with Crippen LogP contribution in [0.3, 0.4) is 0 Å². The van der Waals surface area contributed by atoms with E-state index in [-0.39, 0.29) is 5.91 Å². The number of nitrogens with zero attached hydrogens (tertiary/aromatic N) is 2. The van der Waals surface area contributed by atoms with Crippen molar-refractivity contribution in [2.24, 2.45) is 0 Å². The standard InChI is InChI=1S/C16H17N3O2/c1-21-15-10-12(6-7-17-15)11-19-9-8-18-16(20)13-4-2-3-5-14(13)19/h2-7,10H,8-9,11H2,1H3,(H,18,20). The van der Waals surface area contributed by atoms with Gasteiger partial charge in [-0.15, -0.1) is 0 Å². The van der Waals surface area contributed by atoms with E-state index in [1.54, 1.807) is 13.3 Å². The maximum atomic E-state index is 12.0. The molecule has 0 atom stereocenters. The van der Waals surface area contributed by atoms with Gasteiger partial charge in [-0.05, 0) is 23.8 Å². The van der Waals surface area contributed by atoms with Crippen LogP contribution in [0.15, 0.2) is 42.6 Å². The summed E-state index contributed by atoms with van der Waals surface area (Å²) in [7, 11) is 1.61. The maximum Gasteiger partial charge on any atom is 0.253 e. The predicted molar refractivity (Wildman–Crippen MR) is 80.6 cm³/mol. The monoisotopic (exact) mass is 283 g/mol. The van der Waals surface area contributed by atoms with Gasteiger partial charge in [0.15, 0.2) is 0 Å². The zero-order valence-electron chi connectivity index (χ0n) is 11.9. The number of rotatable bonds is 3. The third-order valence-electron chi connectivity index (χ3n) is 3.54. The number of aromatic nitrogens is 1. The smallest absolute Gasteiger partial charge is 0.253 e. The van der Waals surface area contributed by atoms with Crippen molar-refractivity contribution in [3.8, 4) is 5.88 Å². The van der Waals surface area contributed by atoms with Crippen molar-refractivity contribution in [3.05, 3.63) is 53.7 Å². The number of anilines is 1. The van der Waals surface area contributed by atoms with Gasteiger partial charge in [0, 0.05) is 37.6 Å². The third-order valence-corrected chi connectivity index (χ3v) is 3.54. The number of hydrogen-bond donors (Lipinski definition) is 1. The SMILES string of the molecule is COc1cc(CN2CCNC(=O)c3ccccc32)ccn1. The van der Waals surface area contributed by atoms with Crippen LogP contribution in [0.5, 0.6) is 5.88 Å². The van der Waals surface area contributed by atoms with E-state index < -0.39 is 0 Å². The fourth-order valence-electron chi connectivity index (χ4n) is 2.51. The fourth-order valence-corrected chi connectivity index (χ4v) is 2.51. The summed E-state index contributed by atoms with van der Waals surface area (Å²) in [5, 5.41) is 2.92. The van der Waals surface area contributed by atoms with Crippen LogP contribution in [0, 0.1) is 0 Å². The van der Waals surface area contributed by atoms with Gasteiger partial charge < -0.3 is 15.0 Å². The zero-order chi connectivity index (χ0) is 14.7. The zero-order valence-corrected chi connectivity index (χ0v) is 11.9. The summed E-state index contributed by atoms with van der Waals surface area (Å²) in [5.41, 5.74) is 2.78. The van der Waals surface area contributed by atoms with Crippen LogP contribution >= 0.6 is 0 Å². The summed E-state index contributed by atoms with van der Waals surface area (Å²) in [5.74, 6) is 0.588. The highest BCUT2D eigenvalue weighted by molar-refractivity contribution is 6.00. The molecule has 5 nitrogen and oxygen atoms in total. The molecule has 1 aliphatic rings. The number of benzene rings is 1. The second-order valence-corrected chi connectivity index (χ2v) is 4.90. The van der Waals surface area contributed by atoms with E-state index in [1.807, 2.05) is 36.4 Å². The van der Waals surface area contributed by atoms with Gasteiger partial charge in [-0.2, -0.15) is 0 Å². The van der Waals surface area contributed by atoms with Crippen molar-refractivity contribution < 1.29 is 9.53 Å². The lowest BCUT2D eigenvalue weighted by atomic mass is 10.1. The molecule has 1 aromatic heterocycles. The molecule has 0 aliphatic carbocycles. The minimum Gasteiger partial charge on any atom is -0.481 e. The first-order valence-corrected chi connectivity index (χ1v) is 6.89. The highest BCUT2D eigenvalue weighted by Crippen LogP contribution is 2.24. The Morgan fingerprint density at radius 3 is 3.05 bits per heavy atom. The van der Waals surface area contributed by atoms with E-state index in [0.29, 0.717) is 19.0 Å². The molecule has 0 saturated heterocycles. The first-order valence-electron chi connectivity index (χ1n) is 6.89. The Hall–Kier alpha value is -2.56. The number of fused-ring (bicyclic) bond motifs is 1. The van der Waals surface area contributed by atoms with Crippen LogP contribution in [0.25, 0.3) is 0 Å². The third kappa shape index (κ3) is 2.81. The molecule has 0 saturated carbocycles. The van der Waals surface area contributed by atoms with Crippen LogP contribution in [0.1, 0.15) is 15.9 Å². The van der Waals surface area contributed by atoms with E-state index in [2.05, 4.69) is 15.2 Å². The summed E-state index contributed by atoms with van der Waals surface area (Å²) >= 11 is 0. The molecule has 1 N–H and O–H groups in total. The minimum absolute atomic E-state index is 0.0135. The Labute approximate surface area is 123 Å². The summed E-state index contributed by atoms with van der Waals surface area (Å²) in [6.07, 6.45) is 1.74. The Morgan fingerprint density at radius 2 is 2.19 bits per heavy atom. The van der Waals surface area contributed by atoms with Crippen molar-refractivity contribution in [3.63, 3.8) is 0 Å². The molecular formula is C16H17N3O2. The number of para-hydroxylation sites is 1. The number of nitrogens with one attached hydrogen (secondary N) is 1. The van der Waals surface area contributed by atoms with Crippen molar-refractivity contribution in [2.45, 2.75) is 6.54 Å². The molecule has 1 aliphatic heterocycles. The highest BCUT2D eigenvalue weighted by atomic mass is 16.5. The normalized spacial score (nSPS) is 14.1. The van der Waals surface area contributed by atoms with Gasteiger partial charge in [-0.25, -0.2) is 4.98 Å². The lowest BCUT2D eigenvalue weighted by molar-refractivity contribution is 0.0958. The lowest BCUT2D eigenvalue weighted by Crippen LogP contribution is -2.29. The number of carbonyl (C=O) groups excluding carboxylic acids is 1. The van der Waals surface area contributed by atoms with E-state index in [4.69, 9.17) is 4.74 Å². The minimum atomic E-state index is -0.0135. The maximum absolute atomic E-state index is 12.0. The molecule has 0 bridgehead atoms. The van der Waals surface area contributed by atoms with E-state index in [0.717, 1.165) is 23.4 Å². The number of ether oxygens (including phenoxy) is 1. The van der Waals surface area contributed by atoms with Crippen molar-refractivity contribution in [2.75, 3.05) is 25.1 Å². The Bertz CT molecular complexity index is 657.